The van der Waals surface area contributed by atoms with Crippen LogP contribution in [-0.4, -0.2) is 59.8 Å². The average molecular weight is 425 g/mol. The van der Waals surface area contributed by atoms with Crippen molar-refractivity contribution < 1.29 is 24.2 Å². The third-order valence-corrected chi connectivity index (χ3v) is 4.82. The van der Waals surface area contributed by atoms with Crippen molar-refractivity contribution in [1.29, 1.82) is 0 Å². The van der Waals surface area contributed by atoms with Crippen molar-refractivity contribution in [2.45, 2.75) is 26.4 Å². The van der Waals surface area contributed by atoms with E-state index in [1.807, 2.05) is 45.0 Å². The van der Waals surface area contributed by atoms with E-state index in [4.69, 9.17) is 9.84 Å². The molecule has 1 saturated heterocycles. The Labute approximate surface area is 181 Å². The Morgan fingerprint density at radius 2 is 1.42 bits per heavy atom. The summed E-state index contributed by atoms with van der Waals surface area (Å²) in [4.78, 5) is 39.4. The second kappa shape index (κ2) is 9.07. The molecule has 0 saturated carbocycles. The van der Waals surface area contributed by atoms with E-state index in [0.717, 1.165) is 5.69 Å². The number of aromatic carboxylic acids is 1. The predicted molar refractivity (Wildman–Crippen MR) is 118 cm³/mol. The van der Waals surface area contributed by atoms with Gasteiger partial charge in [-0.2, -0.15) is 0 Å². The summed E-state index contributed by atoms with van der Waals surface area (Å²) in [5.74, 6) is -1.34. The highest BCUT2D eigenvalue weighted by Gasteiger charge is 2.25. The fourth-order valence-electron chi connectivity index (χ4n) is 3.20. The van der Waals surface area contributed by atoms with Crippen molar-refractivity contribution >= 4 is 29.3 Å². The zero-order valence-corrected chi connectivity index (χ0v) is 17.9. The van der Waals surface area contributed by atoms with E-state index in [1.54, 1.807) is 4.90 Å². The van der Waals surface area contributed by atoms with Crippen LogP contribution >= 0.6 is 0 Å². The Bertz CT molecular complexity index is 941. The number of carboxylic acid groups (broad SMARTS) is 1. The van der Waals surface area contributed by atoms with Gasteiger partial charge in [0.05, 0.1) is 5.56 Å². The molecule has 0 atom stereocenters. The molecule has 0 aromatic heterocycles. The Kier molecular flexibility index (Phi) is 6.48. The molecular weight excluding hydrogens is 398 g/mol. The van der Waals surface area contributed by atoms with E-state index >= 15 is 0 Å². The molecule has 164 valence electrons. The minimum absolute atomic E-state index is 0.132. The minimum Gasteiger partial charge on any atom is -0.478 e. The van der Waals surface area contributed by atoms with E-state index in [-0.39, 0.29) is 17.6 Å². The van der Waals surface area contributed by atoms with E-state index in [9.17, 15) is 14.4 Å². The van der Waals surface area contributed by atoms with Crippen LogP contribution in [0.3, 0.4) is 0 Å². The van der Waals surface area contributed by atoms with Gasteiger partial charge in [-0.05, 0) is 69.3 Å². The highest BCUT2D eigenvalue weighted by Crippen LogP contribution is 2.21. The number of anilines is 2. The minimum atomic E-state index is -1.03. The number of hydrogen-bond acceptors (Lipinski definition) is 5. The summed E-state index contributed by atoms with van der Waals surface area (Å²) in [6.07, 6.45) is -0.290. The first-order valence-corrected chi connectivity index (χ1v) is 10.1. The van der Waals surface area contributed by atoms with Crippen molar-refractivity contribution in [2.24, 2.45) is 0 Å². The summed E-state index contributed by atoms with van der Waals surface area (Å²) in [6, 6.07) is 13.2. The third-order valence-electron chi connectivity index (χ3n) is 4.82. The molecule has 2 amide bonds. The molecule has 2 aromatic rings. The van der Waals surface area contributed by atoms with Crippen LogP contribution in [0.4, 0.5) is 16.2 Å². The fraction of sp³-hybridized carbons (Fsp3) is 0.348. The number of carboxylic acids is 1. The molecular formula is C23H27N3O5. The van der Waals surface area contributed by atoms with E-state index in [0.29, 0.717) is 37.4 Å². The topological polar surface area (TPSA) is 99.2 Å². The van der Waals surface area contributed by atoms with Crippen molar-refractivity contribution in [2.75, 3.05) is 36.4 Å². The number of nitrogens with zero attached hydrogens (tertiary/aromatic N) is 2. The Morgan fingerprint density at radius 3 is 1.94 bits per heavy atom. The monoisotopic (exact) mass is 425 g/mol. The lowest BCUT2D eigenvalue weighted by molar-refractivity contribution is 0.0240. The van der Waals surface area contributed by atoms with Crippen LogP contribution in [0.5, 0.6) is 0 Å². The first-order valence-electron chi connectivity index (χ1n) is 10.1. The number of nitrogens with one attached hydrogen (secondary N) is 1. The molecule has 1 aliphatic rings. The maximum absolute atomic E-state index is 12.4. The van der Waals surface area contributed by atoms with Gasteiger partial charge in [-0.15, -0.1) is 0 Å². The van der Waals surface area contributed by atoms with Crippen LogP contribution in [0.25, 0.3) is 0 Å². The molecule has 8 heteroatoms. The fourth-order valence-corrected chi connectivity index (χ4v) is 3.20. The number of rotatable bonds is 4. The first kappa shape index (κ1) is 22.1. The number of amides is 2. The molecule has 1 heterocycles. The number of hydrogen-bond donors (Lipinski definition) is 2. The summed E-state index contributed by atoms with van der Waals surface area (Å²) in [6.45, 7) is 8.12. The molecule has 2 N–H and O–H groups in total. The molecule has 0 spiro atoms. The molecule has 0 bridgehead atoms. The van der Waals surface area contributed by atoms with Crippen molar-refractivity contribution in [1.82, 2.24) is 4.90 Å². The van der Waals surface area contributed by atoms with Crippen molar-refractivity contribution in [3.05, 3.63) is 59.7 Å². The van der Waals surface area contributed by atoms with Crippen LogP contribution in [0.15, 0.2) is 48.5 Å². The Morgan fingerprint density at radius 1 is 0.871 bits per heavy atom. The number of piperazine rings is 1. The molecule has 0 radical (unpaired) electrons. The van der Waals surface area contributed by atoms with E-state index in [1.165, 1.54) is 24.3 Å². The Hall–Kier alpha value is -3.55. The standard InChI is InChI=1S/C23H27N3O5/c1-23(2,3)31-22(30)26-14-12-25(13-15-26)19-10-8-18(9-11-19)24-20(27)16-4-6-17(7-5-16)21(28)29/h4-11H,12-15H2,1-3H3,(H,24,27)(H,28,29). The SMILES string of the molecule is CC(C)(C)OC(=O)N1CCN(c2ccc(NC(=O)c3ccc(C(=O)O)cc3)cc2)CC1. The van der Waals surface area contributed by atoms with Crippen LogP contribution in [0.1, 0.15) is 41.5 Å². The van der Waals surface area contributed by atoms with Crippen molar-refractivity contribution in [3.63, 3.8) is 0 Å². The van der Waals surface area contributed by atoms with Gasteiger partial charge in [0.2, 0.25) is 0 Å². The molecule has 2 aromatic carbocycles. The molecule has 3 rings (SSSR count). The molecule has 0 aliphatic carbocycles. The van der Waals surface area contributed by atoms with Gasteiger partial charge < -0.3 is 25.0 Å². The van der Waals surface area contributed by atoms with Crippen LogP contribution < -0.4 is 10.2 Å². The third kappa shape index (κ3) is 5.97. The van der Waals surface area contributed by atoms with Crippen molar-refractivity contribution in [3.8, 4) is 0 Å². The summed E-state index contributed by atoms with van der Waals surface area (Å²) in [5.41, 5.74) is 1.66. The molecule has 31 heavy (non-hydrogen) atoms. The smallest absolute Gasteiger partial charge is 0.410 e. The van der Waals surface area contributed by atoms with Crippen LogP contribution in [0.2, 0.25) is 0 Å². The zero-order chi connectivity index (χ0) is 22.6. The first-order chi connectivity index (χ1) is 14.6. The molecule has 8 nitrogen and oxygen atoms in total. The van der Waals surface area contributed by atoms with Gasteiger partial charge in [0.15, 0.2) is 0 Å². The second-order valence-electron chi connectivity index (χ2n) is 8.34. The highest BCUT2D eigenvalue weighted by atomic mass is 16.6. The van der Waals surface area contributed by atoms with Gasteiger partial charge in [-0.25, -0.2) is 9.59 Å². The molecule has 1 fully saturated rings. The maximum Gasteiger partial charge on any atom is 0.410 e. The predicted octanol–water partition coefficient (Wildman–Crippen LogP) is 3.69. The average Bonchev–Trinajstić information content (AvgIpc) is 2.73. The summed E-state index contributed by atoms with van der Waals surface area (Å²) < 4.78 is 5.42. The van der Waals surface area contributed by atoms with Gasteiger partial charge in [0, 0.05) is 43.1 Å². The zero-order valence-electron chi connectivity index (χ0n) is 17.9. The number of benzene rings is 2. The maximum atomic E-state index is 12.4. The summed E-state index contributed by atoms with van der Waals surface area (Å²) >= 11 is 0. The normalized spacial score (nSPS) is 14.2. The van der Waals surface area contributed by atoms with Crippen LogP contribution in [-0.2, 0) is 4.74 Å². The van der Waals surface area contributed by atoms with Gasteiger partial charge in [0.1, 0.15) is 5.60 Å². The molecule has 1 aliphatic heterocycles. The number of ether oxygens (including phenoxy) is 1. The lowest BCUT2D eigenvalue weighted by atomic mass is 10.1. The number of carbonyl (C=O) groups is 3. The lowest BCUT2D eigenvalue weighted by Crippen LogP contribution is -2.50. The lowest BCUT2D eigenvalue weighted by Gasteiger charge is -2.36. The highest BCUT2D eigenvalue weighted by molar-refractivity contribution is 6.04. The Balaban J connectivity index is 1.54. The van der Waals surface area contributed by atoms with Gasteiger partial charge in [0.25, 0.3) is 5.91 Å². The van der Waals surface area contributed by atoms with E-state index < -0.39 is 11.6 Å². The van der Waals surface area contributed by atoms with Gasteiger partial charge in [-0.1, -0.05) is 0 Å². The summed E-state index contributed by atoms with van der Waals surface area (Å²) in [7, 11) is 0. The number of carbonyl (C=O) groups excluding carboxylic acids is 2. The molecule has 0 unspecified atom stereocenters. The largest absolute Gasteiger partial charge is 0.478 e. The van der Waals surface area contributed by atoms with Gasteiger partial charge in [-0.3, -0.25) is 4.79 Å². The summed E-state index contributed by atoms with van der Waals surface area (Å²) in [5, 5.41) is 11.7. The quantitative estimate of drug-likeness (QED) is 0.775. The van der Waals surface area contributed by atoms with Crippen LogP contribution in [0, 0.1) is 0 Å². The second-order valence-corrected chi connectivity index (χ2v) is 8.34. The van der Waals surface area contributed by atoms with Gasteiger partial charge >= 0.3 is 12.1 Å². The van der Waals surface area contributed by atoms with E-state index in [2.05, 4.69) is 10.2 Å².